The number of methoxy groups -OCH3 is 1. The fourth-order valence-corrected chi connectivity index (χ4v) is 1.82. The Balaban J connectivity index is 2.70. The molecule has 0 aliphatic carbocycles. The first kappa shape index (κ1) is 10.3. The Morgan fingerprint density at radius 1 is 1.53 bits per heavy atom. The Bertz CT molecular complexity index is 481. The van der Waals surface area contributed by atoms with Crippen LogP contribution in [0.15, 0.2) is 18.2 Å². The van der Waals surface area contributed by atoms with Crippen LogP contribution in [0.5, 0.6) is 5.88 Å². The third-order valence-electron chi connectivity index (χ3n) is 2.19. The van der Waals surface area contributed by atoms with E-state index in [4.69, 9.17) is 16.3 Å². The number of hydrogen-bond acceptors (Lipinski definition) is 3. The second-order valence-electron chi connectivity index (χ2n) is 3.14. The second kappa shape index (κ2) is 4.08. The van der Waals surface area contributed by atoms with E-state index in [1.165, 1.54) is 0 Å². The Kier molecular flexibility index (Phi) is 2.79. The van der Waals surface area contributed by atoms with Crippen molar-refractivity contribution in [2.24, 2.45) is 0 Å². The van der Waals surface area contributed by atoms with Gasteiger partial charge >= 0.3 is 0 Å². The summed E-state index contributed by atoms with van der Waals surface area (Å²) in [4.78, 5) is 4.27. The van der Waals surface area contributed by atoms with Gasteiger partial charge in [-0.3, -0.25) is 4.40 Å². The molecule has 0 saturated carbocycles. The number of hydrogen-bond donors (Lipinski definition) is 1. The van der Waals surface area contributed by atoms with Gasteiger partial charge in [-0.2, -0.15) is 0 Å². The number of ether oxygens (including phenoxy) is 1. The number of nitrogens with zero attached hydrogens (tertiary/aromatic N) is 2. The highest BCUT2D eigenvalue weighted by atomic mass is 35.5. The monoisotopic (exact) mass is 225 g/mol. The van der Waals surface area contributed by atoms with Gasteiger partial charge in [0.2, 0.25) is 0 Å². The van der Waals surface area contributed by atoms with Crippen molar-refractivity contribution in [1.29, 1.82) is 0 Å². The number of nitrogens with one attached hydrogen (secondary N) is 1. The molecular formula is C10H12ClN3O. The van der Waals surface area contributed by atoms with E-state index in [0.717, 1.165) is 17.2 Å². The molecule has 0 amide bonds. The van der Waals surface area contributed by atoms with Crippen LogP contribution >= 0.6 is 11.6 Å². The van der Waals surface area contributed by atoms with Gasteiger partial charge in [0.1, 0.15) is 5.82 Å². The van der Waals surface area contributed by atoms with Gasteiger partial charge in [-0.15, -0.1) is 0 Å². The minimum Gasteiger partial charge on any atom is -0.482 e. The van der Waals surface area contributed by atoms with Crippen LogP contribution in [-0.2, 0) is 6.54 Å². The summed E-state index contributed by atoms with van der Waals surface area (Å²) in [6.07, 6.45) is 0. The van der Waals surface area contributed by atoms with Crippen LogP contribution in [0.1, 0.15) is 5.82 Å². The quantitative estimate of drug-likeness (QED) is 0.865. The fourth-order valence-electron chi connectivity index (χ4n) is 1.57. The highest BCUT2D eigenvalue weighted by molar-refractivity contribution is 6.32. The lowest BCUT2D eigenvalue weighted by Gasteiger charge is -2.06. The lowest BCUT2D eigenvalue weighted by molar-refractivity contribution is 0.389. The Morgan fingerprint density at radius 2 is 2.33 bits per heavy atom. The van der Waals surface area contributed by atoms with Crippen molar-refractivity contribution < 1.29 is 4.74 Å². The first-order valence-corrected chi connectivity index (χ1v) is 5.00. The highest BCUT2D eigenvalue weighted by Gasteiger charge is 2.11. The van der Waals surface area contributed by atoms with Crippen molar-refractivity contribution in [2.45, 2.75) is 6.54 Å². The van der Waals surface area contributed by atoms with E-state index in [1.54, 1.807) is 7.11 Å². The van der Waals surface area contributed by atoms with Crippen molar-refractivity contribution in [2.75, 3.05) is 14.2 Å². The van der Waals surface area contributed by atoms with Crippen molar-refractivity contribution in [3.63, 3.8) is 0 Å². The van der Waals surface area contributed by atoms with Gasteiger partial charge in [-0.05, 0) is 19.2 Å². The molecule has 15 heavy (non-hydrogen) atoms. The Hall–Kier alpha value is -1.26. The summed E-state index contributed by atoms with van der Waals surface area (Å²) < 4.78 is 7.17. The second-order valence-corrected chi connectivity index (χ2v) is 3.50. The molecule has 0 fully saturated rings. The van der Waals surface area contributed by atoms with Crippen LogP contribution in [0.4, 0.5) is 0 Å². The highest BCUT2D eigenvalue weighted by Crippen LogP contribution is 2.23. The maximum Gasteiger partial charge on any atom is 0.199 e. The molecule has 0 saturated heterocycles. The molecule has 2 aromatic heterocycles. The Labute approximate surface area is 92.8 Å². The van der Waals surface area contributed by atoms with E-state index in [-0.39, 0.29) is 0 Å². The molecule has 0 atom stereocenters. The fraction of sp³-hybridized carbons (Fsp3) is 0.300. The molecule has 80 valence electrons. The van der Waals surface area contributed by atoms with Gasteiger partial charge in [-0.25, -0.2) is 4.98 Å². The molecule has 0 unspecified atom stereocenters. The smallest absolute Gasteiger partial charge is 0.199 e. The molecule has 2 heterocycles. The molecule has 5 heteroatoms. The third-order valence-corrected chi connectivity index (χ3v) is 2.47. The number of halogens is 1. The number of imidazole rings is 1. The van der Waals surface area contributed by atoms with Crippen LogP contribution in [-0.4, -0.2) is 23.5 Å². The van der Waals surface area contributed by atoms with Gasteiger partial charge in [0.05, 0.1) is 19.2 Å². The van der Waals surface area contributed by atoms with Crippen molar-refractivity contribution in [1.82, 2.24) is 14.7 Å². The first-order chi connectivity index (χ1) is 7.27. The zero-order valence-corrected chi connectivity index (χ0v) is 9.38. The van der Waals surface area contributed by atoms with Gasteiger partial charge in [0, 0.05) is 0 Å². The molecule has 0 aromatic carbocycles. The first-order valence-electron chi connectivity index (χ1n) is 4.62. The SMILES string of the molecule is CNCc1nc(Cl)c2cccc(OC)n12. The summed E-state index contributed by atoms with van der Waals surface area (Å²) >= 11 is 6.03. The largest absolute Gasteiger partial charge is 0.482 e. The zero-order chi connectivity index (χ0) is 10.8. The normalized spacial score (nSPS) is 10.9. The average molecular weight is 226 g/mol. The van der Waals surface area contributed by atoms with E-state index in [2.05, 4.69) is 10.3 Å². The number of fused-ring (bicyclic) bond motifs is 1. The zero-order valence-electron chi connectivity index (χ0n) is 8.62. The summed E-state index contributed by atoms with van der Waals surface area (Å²) in [5.74, 6) is 1.58. The maximum absolute atomic E-state index is 6.03. The van der Waals surface area contributed by atoms with Crippen LogP contribution in [0.2, 0.25) is 5.15 Å². The molecule has 0 aliphatic heterocycles. The molecule has 4 nitrogen and oxygen atoms in total. The number of rotatable bonds is 3. The molecule has 0 radical (unpaired) electrons. The van der Waals surface area contributed by atoms with E-state index < -0.39 is 0 Å². The van der Waals surface area contributed by atoms with Crippen LogP contribution in [0.3, 0.4) is 0 Å². The lowest BCUT2D eigenvalue weighted by Crippen LogP contribution is -2.09. The molecule has 1 N–H and O–H groups in total. The molecular weight excluding hydrogens is 214 g/mol. The van der Waals surface area contributed by atoms with E-state index in [1.807, 2.05) is 29.6 Å². The minimum absolute atomic E-state index is 0.499. The summed E-state index contributed by atoms with van der Waals surface area (Å²) in [5.41, 5.74) is 0.862. The van der Waals surface area contributed by atoms with Gasteiger partial charge < -0.3 is 10.1 Å². The molecule has 0 aliphatic rings. The van der Waals surface area contributed by atoms with Crippen molar-refractivity contribution in [3.8, 4) is 5.88 Å². The van der Waals surface area contributed by atoms with Crippen LogP contribution in [0, 0.1) is 0 Å². The maximum atomic E-state index is 6.03. The summed E-state index contributed by atoms with van der Waals surface area (Å²) in [6, 6.07) is 5.69. The lowest BCUT2D eigenvalue weighted by atomic mass is 10.4. The van der Waals surface area contributed by atoms with Gasteiger partial charge in [0.25, 0.3) is 0 Å². The summed E-state index contributed by atoms with van der Waals surface area (Å²) in [5, 5.41) is 3.54. The van der Waals surface area contributed by atoms with Gasteiger partial charge in [-0.1, -0.05) is 17.7 Å². The van der Waals surface area contributed by atoms with E-state index in [9.17, 15) is 0 Å². The standard InChI is InChI=1S/C10H12ClN3O/c1-12-6-8-13-10(11)7-4-3-5-9(15-2)14(7)8/h3-5,12H,6H2,1-2H3. The van der Waals surface area contributed by atoms with E-state index >= 15 is 0 Å². The number of aromatic nitrogens is 2. The minimum atomic E-state index is 0.499. The van der Waals surface area contributed by atoms with Crippen molar-refractivity contribution >= 4 is 17.1 Å². The Morgan fingerprint density at radius 3 is 3.00 bits per heavy atom. The molecule has 0 bridgehead atoms. The van der Waals surface area contributed by atoms with Crippen molar-refractivity contribution in [3.05, 3.63) is 29.2 Å². The molecule has 2 aromatic rings. The topological polar surface area (TPSA) is 38.6 Å². The molecule has 2 rings (SSSR count). The molecule has 0 spiro atoms. The summed E-state index contributed by atoms with van der Waals surface area (Å²) in [7, 11) is 3.50. The van der Waals surface area contributed by atoms with E-state index in [0.29, 0.717) is 11.7 Å². The predicted molar refractivity (Wildman–Crippen MR) is 59.5 cm³/mol. The third kappa shape index (κ3) is 1.66. The van der Waals surface area contributed by atoms with Crippen LogP contribution in [0.25, 0.3) is 5.52 Å². The van der Waals surface area contributed by atoms with Crippen LogP contribution < -0.4 is 10.1 Å². The van der Waals surface area contributed by atoms with Gasteiger partial charge in [0.15, 0.2) is 11.0 Å². The predicted octanol–water partition coefficient (Wildman–Crippen LogP) is 1.72. The number of pyridine rings is 1. The summed E-state index contributed by atoms with van der Waals surface area (Å²) in [6.45, 7) is 0.647. The average Bonchev–Trinajstić information content (AvgIpc) is 2.57.